The van der Waals surface area contributed by atoms with Crippen LogP contribution in [0.25, 0.3) is 0 Å². The van der Waals surface area contributed by atoms with E-state index >= 15 is 0 Å². The molecule has 0 aromatic heterocycles. The van der Waals surface area contributed by atoms with Gasteiger partial charge < -0.3 is 9.80 Å². The van der Waals surface area contributed by atoms with Gasteiger partial charge in [-0.3, -0.25) is 0 Å². The average molecular weight is 188 g/mol. The minimum Gasteiger partial charge on any atom is -0.373 e. The second-order valence-electron chi connectivity index (χ2n) is 2.96. The quantitative estimate of drug-likeness (QED) is 0.598. The molecule has 14 heavy (non-hydrogen) atoms. The highest BCUT2D eigenvalue weighted by Gasteiger charge is 2.10. The Morgan fingerprint density at radius 1 is 0.786 bits per heavy atom. The molecule has 0 aromatic rings. The van der Waals surface area contributed by atoms with E-state index in [1.165, 1.54) is 12.2 Å². The summed E-state index contributed by atoms with van der Waals surface area (Å²) in [4.78, 5) is 4.19. The van der Waals surface area contributed by atoms with Crippen molar-refractivity contribution in [1.82, 2.24) is 9.80 Å². The standard InChI is InChI=1S/C10H12N4/c11-3-1-5-13-7-9-14(10-8-13)6-2-4-12/h1-2,5-6H,7-10H2. The van der Waals surface area contributed by atoms with Crippen molar-refractivity contribution >= 4 is 0 Å². The van der Waals surface area contributed by atoms with E-state index in [9.17, 15) is 0 Å². The van der Waals surface area contributed by atoms with Crippen LogP contribution in [0, 0.1) is 22.7 Å². The molecule has 1 fully saturated rings. The molecule has 0 radical (unpaired) electrons. The third kappa shape index (κ3) is 3.20. The number of hydrogen-bond donors (Lipinski definition) is 0. The maximum Gasteiger partial charge on any atom is 0.0927 e. The summed E-state index contributed by atoms with van der Waals surface area (Å²) in [5.41, 5.74) is 0. The van der Waals surface area contributed by atoms with Crippen LogP contribution in [0.4, 0.5) is 0 Å². The zero-order valence-electron chi connectivity index (χ0n) is 7.93. The SMILES string of the molecule is N#CC=CN1CCN(C=CC#N)CC1. The van der Waals surface area contributed by atoms with E-state index in [-0.39, 0.29) is 0 Å². The predicted octanol–water partition coefficient (Wildman–Crippen LogP) is 0.679. The van der Waals surface area contributed by atoms with E-state index in [2.05, 4.69) is 9.80 Å². The molecule has 1 rings (SSSR count). The van der Waals surface area contributed by atoms with Crippen LogP contribution in [0.1, 0.15) is 0 Å². The molecule has 4 nitrogen and oxygen atoms in total. The van der Waals surface area contributed by atoms with Gasteiger partial charge in [0.15, 0.2) is 0 Å². The Labute approximate surface area is 83.9 Å². The predicted molar refractivity (Wildman–Crippen MR) is 52.7 cm³/mol. The summed E-state index contributed by atoms with van der Waals surface area (Å²) in [6, 6.07) is 3.94. The molecule has 0 aliphatic carbocycles. The van der Waals surface area contributed by atoms with Gasteiger partial charge in [-0.05, 0) is 0 Å². The largest absolute Gasteiger partial charge is 0.373 e. The summed E-state index contributed by atoms with van der Waals surface area (Å²) in [5, 5.41) is 16.7. The minimum atomic E-state index is 0.897. The second kappa shape index (κ2) is 5.66. The Hall–Kier alpha value is -1.94. The van der Waals surface area contributed by atoms with E-state index in [0.29, 0.717) is 0 Å². The second-order valence-corrected chi connectivity index (χ2v) is 2.96. The van der Waals surface area contributed by atoms with Crippen molar-refractivity contribution in [3.05, 3.63) is 24.6 Å². The molecule has 1 saturated heterocycles. The molecular weight excluding hydrogens is 176 g/mol. The maximum absolute atomic E-state index is 8.34. The summed E-state index contributed by atoms with van der Waals surface area (Å²) in [5.74, 6) is 0. The molecule has 0 bridgehead atoms. The molecule has 0 atom stereocenters. The van der Waals surface area contributed by atoms with Gasteiger partial charge in [-0.2, -0.15) is 10.5 Å². The van der Waals surface area contributed by atoms with Gasteiger partial charge in [-0.15, -0.1) is 0 Å². The highest BCUT2D eigenvalue weighted by atomic mass is 15.2. The molecule has 1 aliphatic heterocycles. The molecule has 0 N–H and O–H groups in total. The van der Waals surface area contributed by atoms with Gasteiger partial charge in [0.1, 0.15) is 0 Å². The first-order valence-corrected chi connectivity index (χ1v) is 4.47. The molecule has 0 amide bonds. The fraction of sp³-hybridized carbons (Fsp3) is 0.400. The Morgan fingerprint density at radius 2 is 1.14 bits per heavy atom. The summed E-state index contributed by atoms with van der Waals surface area (Å²) in [6.07, 6.45) is 6.60. The van der Waals surface area contributed by atoms with E-state index in [1.807, 2.05) is 24.5 Å². The minimum absolute atomic E-state index is 0.897. The lowest BCUT2D eigenvalue weighted by Crippen LogP contribution is -2.41. The number of rotatable bonds is 2. The summed E-state index contributed by atoms with van der Waals surface area (Å²) >= 11 is 0. The van der Waals surface area contributed by atoms with Crippen molar-refractivity contribution in [2.24, 2.45) is 0 Å². The molecule has 1 heterocycles. The fourth-order valence-electron chi connectivity index (χ4n) is 1.31. The van der Waals surface area contributed by atoms with Crippen LogP contribution in [0.5, 0.6) is 0 Å². The Bertz CT molecular complexity index is 265. The van der Waals surface area contributed by atoms with Gasteiger partial charge >= 0.3 is 0 Å². The molecule has 0 spiro atoms. The number of piperazine rings is 1. The van der Waals surface area contributed by atoms with E-state index in [0.717, 1.165) is 26.2 Å². The normalized spacial score (nSPS) is 17.3. The van der Waals surface area contributed by atoms with Crippen LogP contribution >= 0.6 is 0 Å². The fourth-order valence-corrected chi connectivity index (χ4v) is 1.31. The van der Waals surface area contributed by atoms with Crippen LogP contribution in [0.3, 0.4) is 0 Å². The lowest BCUT2D eigenvalue weighted by atomic mass is 10.3. The zero-order chi connectivity index (χ0) is 10.2. The summed E-state index contributed by atoms with van der Waals surface area (Å²) in [6.45, 7) is 3.59. The highest BCUT2D eigenvalue weighted by molar-refractivity contribution is 5.04. The lowest BCUT2D eigenvalue weighted by Gasteiger charge is -2.32. The van der Waals surface area contributed by atoms with Crippen LogP contribution in [-0.4, -0.2) is 36.0 Å². The van der Waals surface area contributed by atoms with Crippen LogP contribution in [-0.2, 0) is 0 Å². The van der Waals surface area contributed by atoms with E-state index < -0.39 is 0 Å². The zero-order valence-corrected chi connectivity index (χ0v) is 7.93. The monoisotopic (exact) mass is 188 g/mol. The van der Waals surface area contributed by atoms with E-state index in [1.54, 1.807) is 0 Å². The average Bonchev–Trinajstić information content (AvgIpc) is 2.25. The number of allylic oxidation sites excluding steroid dienone is 2. The van der Waals surface area contributed by atoms with Gasteiger partial charge in [-0.1, -0.05) is 0 Å². The first-order valence-electron chi connectivity index (χ1n) is 4.47. The Balaban J connectivity index is 2.32. The topological polar surface area (TPSA) is 54.1 Å². The third-order valence-electron chi connectivity index (χ3n) is 2.07. The van der Waals surface area contributed by atoms with E-state index in [4.69, 9.17) is 10.5 Å². The molecule has 4 heteroatoms. The van der Waals surface area contributed by atoms with Crippen molar-refractivity contribution in [3.8, 4) is 12.1 Å². The van der Waals surface area contributed by atoms with Crippen LogP contribution < -0.4 is 0 Å². The van der Waals surface area contributed by atoms with Crippen molar-refractivity contribution in [3.63, 3.8) is 0 Å². The number of hydrogen-bond acceptors (Lipinski definition) is 4. The molecule has 0 saturated carbocycles. The van der Waals surface area contributed by atoms with Gasteiger partial charge in [0.25, 0.3) is 0 Å². The highest BCUT2D eigenvalue weighted by Crippen LogP contribution is 2.02. The first-order chi connectivity index (χ1) is 6.86. The molecule has 0 unspecified atom stereocenters. The van der Waals surface area contributed by atoms with Crippen LogP contribution in [0.2, 0.25) is 0 Å². The molecule has 72 valence electrons. The third-order valence-corrected chi connectivity index (χ3v) is 2.07. The van der Waals surface area contributed by atoms with Gasteiger partial charge in [0, 0.05) is 50.7 Å². The Morgan fingerprint density at radius 3 is 1.43 bits per heavy atom. The van der Waals surface area contributed by atoms with Crippen LogP contribution in [0.15, 0.2) is 24.6 Å². The Kier molecular flexibility index (Phi) is 4.10. The van der Waals surface area contributed by atoms with Gasteiger partial charge in [0.05, 0.1) is 12.1 Å². The molecule has 0 aromatic carbocycles. The molecular formula is C10H12N4. The van der Waals surface area contributed by atoms with Crippen molar-refractivity contribution in [2.45, 2.75) is 0 Å². The summed E-state index contributed by atoms with van der Waals surface area (Å²) in [7, 11) is 0. The first kappa shape index (κ1) is 10.1. The smallest absolute Gasteiger partial charge is 0.0927 e. The lowest BCUT2D eigenvalue weighted by molar-refractivity contribution is 0.218. The number of nitriles is 2. The van der Waals surface area contributed by atoms with Crippen molar-refractivity contribution in [1.29, 1.82) is 10.5 Å². The number of nitrogens with zero attached hydrogens (tertiary/aromatic N) is 4. The van der Waals surface area contributed by atoms with Crippen molar-refractivity contribution < 1.29 is 0 Å². The summed E-state index contributed by atoms with van der Waals surface area (Å²) < 4.78 is 0. The van der Waals surface area contributed by atoms with Gasteiger partial charge in [0.2, 0.25) is 0 Å². The van der Waals surface area contributed by atoms with Gasteiger partial charge in [-0.25, -0.2) is 0 Å². The maximum atomic E-state index is 8.34. The molecule has 1 aliphatic rings. The van der Waals surface area contributed by atoms with Crippen molar-refractivity contribution in [2.75, 3.05) is 26.2 Å².